The van der Waals surface area contributed by atoms with Crippen LogP contribution < -0.4 is 21.3 Å². The molecule has 2 aromatic rings. The molecule has 1 aromatic carbocycles. The van der Waals surface area contributed by atoms with Crippen molar-refractivity contribution in [2.24, 2.45) is 5.92 Å². The minimum atomic E-state index is -0.785. The smallest absolute Gasteiger partial charge is 0.314 e. The molecule has 4 N–H and O–H groups in total. The van der Waals surface area contributed by atoms with Gasteiger partial charge in [0, 0.05) is 25.1 Å². The van der Waals surface area contributed by atoms with E-state index in [1.165, 1.54) is 4.68 Å². The van der Waals surface area contributed by atoms with Crippen LogP contribution in [-0.2, 0) is 20.8 Å². The van der Waals surface area contributed by atoms with E-state index in [2.05, 4.69) is 26.4 Å². The van der Waals surface area contributed by atoms with Gasteiger partial charge in [-0.05, 0) is 24.8 Å². The second kappa shape index (κ2) is 9.53. The standard InChI is InChI=1S/C21H28N6O3/c1-13(2)16-12-18(28)25-21(23-16)27-17(11-14(3)26-27)24-20(30)19(29)22-10-9-15-7-5-4-6-8-15/h4-8,11,13,16,21,23H,9-10,12H2,1-3H3,(H,22,29)(H,24,30)(H,25,28). The maximum absolute atomic E-state index is 12.4. The van der Waals surface area contributed by atoms with Crippen molar-refractivity contribution in [2.75, 3.05) is 11.9 Å². The molecular formula is C21H28N6O3. The lowest BCUT2D eigenvalue weighted by atomic mass is 9.99. The van der Waals surface area contributed by atoms with Crippen LogP contribution in [0.4, 0.5) is 5.82 Å². The first-order valence-electron chi connectivity index (χ1n) is 10.1. The third kappa shape index (κ3) is 5.44. The Hall–Kier alpha value is -3.20. The summed E-state index contributed by atoms with van der Waals surface area (Å²) in [6.07, 6.45) is 0.398. The zero-order valence-electron chi connectivity index (χ0n) is 17.4. The molecule has 2 unspecified atom stereocenters. The van der Waals surface area contributed by atoms with Crippen molar-refractivity contribution in [2.45, 2.75) is 45.9 Å². The summed E-state index contributed by atoms with van der Waals surface area (Å²) >= 11 is 0. The Labute approximate surface area is 175 Å². The fourth-order valence-electron chi connectivity index (χ4n) is 3.30. The van der Waals surface area contributed by atoms with Crippen LogP contribution >= 0.6 is 0 Å². The summed E-state index contributed by atoms with van der Waals surface area (Å²) in [5, 5.41) is 15.7. The minimum Gasteiger partial charge on any atom is -0.347 e. The van der Waals surface area contributed by atoms with Crippen LogP contribution in [-0.4, -0.2) is 40.1 Å². The summed E-state index contributed by atoms with van der Waals surface area (Å²) in [5.41, 5.74) is 1.73. The average molecular weight is 412 g/mol. The molecule has 3 rings (SSSR count). The second-order valence-electron chi connectivity index (χ2n) is 7.75. The van der Waals surface area contributed by atoms with Crippen molar-refractivity contribution in [1.82, 2.24) is 25.7 Å². The van der Waals surface area contributed by atoms with E-state index in [-0.39, 0.29) is 17.9 Å². The lowest BCUT2D eigenvalue weighted by Gasteiger charge is -2.34. The molecule has 1 fully saturated rings. The van der Waals surface area contributed by atoms with Gasteiger partial charge in [0.1, 0.15) is 5.82 Å². The Kier molecular flexibility index (Phi) is 6.83. The molecule has 1 saturated heterocycles. The van der Waals surface area contributed by atoms with Crippen molar-refractivity contribution < 1.29 is 14.4 Å². The molecule has 9 heteroatoms. The number of anilines is 1. The number of amides is 3. The van der Waals surface area contributed by atoms with Crippen molar-refractivity contribution in [1.29, 1.82) is 0 Å². The molecule has 0 bridgehead atoms. The van der Waals surface area contributed by atoms with Crippen LogP contribution in [0.3, 0.4) is 0 Å². The molecule has 1 aliphatic heterocycles. The lowest BCUT2D eigenvalue weighted by Crippen LogP contribution is -2.55. The second-order valence-corrected chi connectivity index (χ2v) is 7.75. The SMILES string of the molecule is Cc1cc(NC(=O)C(=O)NCCc2ccccc2)n(C2NC(=O)CC(C(C)C)N2)n1. The highest BCUT2D eigenvalue weighted by Gasteiger charge is 2.30. The fraction of sp³-hybridized carbons (Fsp3) is 0.429. The quantitative estimate of drug-likeness (QED) is 0.530. The van der Waals surface area contributed by atoms with Crippen molar-refractivity contribution in [3.63, 3.8) is 0 Å². The number of aryl methyl sites for hydroxylation is 1. The molecule has 3 amide bonds. The topological polar surface area (TPSA) is 117 Å². The number of hydrogen-bond donors (Lipinski definition) is 4. The van der Waals surface area contributed by atoms with Gasteiger partial charge in [-0.2, -0.15) is 5.10 Å². The van der Waals surface area contributed by atoms with Gasteiger partial charge < -0.3 is 16.0 Å². The molecule has 30 heavy (non-hydrogen) atoms. The highest BCUT2D eigenvalue weighted by molar-refractivity contribution is 6.39. The molecule has 0 radical (unpaired) electrons. The predicted octanol–water partition coefficient (Wildman–Crippen LogP) is 1.08. The zero-order chi connectivity index (χ0) is 21.7. The number of rotatable bonds is 6. The molecule has 0 saturated carbocycles. The molecule has 160 valence electrons. The summed E-state index contributed by atoms with van der Waals surface area (Å²) in [6.45, 7) is 6.19. The lowest BCUT2D eigenvalue weighted by molar-refractivity contribution is -0.136. The van der Waals surface area contributed by atoms with Crippen LogP contribution in [0.5, 0.6) is 0 Å². The van der Waals surface area contributed by atoms with Gasteiger partial charge in [0.15, 0.2) is 6.29 Å². The summed E-state index contributed by atoms with van der Waals surface area (Å²) in [5.74, 6) is -1.02. The Balaban J connectivity index is 1.61. The minimum absolute atomic E-state index is 0.0157. The van der Waals surface area contributed by atoms with E-state index < -0.39 is 18.1 Å². The first kappa shape index (κ1) is 21.5. The van der Waals surface area contributed by atoms with Crippen LogP contribution in [0.1, 0.15) is 37.8 Å². The number of benzene rings is 1. The maximum atomic E-state index is 12.4. The Morgan fingerprint density at radius 1 is 1.23 bits per heavy atom. The summed E-state index contributed by atoms with van der Waals surface area (Å²) in [6, 6.07) is 11.3. The number of carbonyl (C=O) groups is 3. The molecule has 1 aromatic heterocycles. The summed E-state index contributed by atoms with van der Waals surface area (Å²) in [7, 11) is 0. The van der Waals surface area contributed by atoms with E-state index in [1.54, 1.807) is 13.0 Å². The number of aromatic nitrogens is 2. The predicted molar refractivity (Wildman–Crippen MR) is 112 cm³/mol. The molecule has 0 spiro atoms. The third-order valence-corrected chi connectivity index (χ3v) is 4.97. The van der Waals surface area contributed by atoms with Gasteiger partial charge in [-0.15, -0.1) is 0 Å². The average Bonchev–Trinajstić information content (AvgIpc) is 3.08. The van der Waals surface area contributed by atoms with E-state index in [0.717, 1.165) is 5.56 Å². The highest BCUT2D eigenvalue weighted by atomic mass is 16.2. The largest absolute Gasteiger partial charge is 0.347 e. The first-order valence-corrected chi connectivity index (χ1v) is 10.1. The van der Waals surface area contributed by atoms with E-state index in [4.69, 9.17) is 0 Å². The van der Waals surface area contributed by atoms with Crippen molar-refractivity contribution in [3.05, 3.63) is 47.7 Å². The molecule has 1 aliphatic rings. The zero-order valence-corrected chi connectivity index (χ0v) is 17.4. The summed E-state index contributed by atoms with van der Waals surface area (Å²) < 4.78 is 1.48. The van der Waals surface area contributed by atoms with Gasteiger partial charge in [0.25, 0.3) is 0 Å². The van der Waals surface area contributed by atoms with Crippen LogP contribution in [0.15, 0.2) is 36.4 Å². The van der Waals surface area contributed by atoms with E-state index in [1.807, 2.05) is 44.2 Å². The van der Waals surface area contributed by atoms with Gasteiger partial charge in [0.05, 0.1) is 5.69 Å². The fourth-order valence-corrected chi connectivity index (χ4v) is 3.30. The van der Waals surface area contributed by atoms with Gasteiger partial charge in [-0.25, -0.2) is 4.68 Å². The third-order valence-electron chi connectivity index (χ3n) is 4.97. The number of nitrogens with zero attached hydrogens (tertiary/aromatic N) is 2. The molecule has 2 atom stereocenters. The Morgan fingerprint density at radius 3 is 2.67 bits per heavy atom. The molecule has 2 heterocycles. The number of hydrogen-bond acceptors (Lipinski definition) is 5. The van der Waals surface area contributed by atoms with Gasteiger partial charge >= 0.3 is 11.8 Å². The monoisotopic (exact) mass is 412 g/mol. The van der Waals surface area contributed by atoms with E-state index >= 15 is 0 Å². The Bertz CT molecular complexity index is 909. The van der Waals surface area contributed by atoms with Gasteiger partial charge in [0.2, 0.25) is 5.91 Å². The van der Waals surface area contributed by atoms with Crippen LogP contribution in [0.2, 0.25) is 0 Å². The normalized spacial score (nSPS) is 18.7. The van der Waals surface area contributed by atoms with Crippen LogP contribution in [0, 0.1) is 12.8 Å². The van der Waals surface area contributed by atoms with Gasteiger partial charge in [-0.1, -0.05) is 44.2 Å². The summed E-state index contributed by atoms with van der Waals surface area (Å²) in [4.78, 5) is 36.7. The first-order chi connectivity index (χ1) is 14.3. The van der Waals surface area contributed by atoms with E-state index in [0.29, 0.717) is 30.9 Å². The van der Waals surface area contributed by atoms with Crippen LogP contribution in [0.25, 0.3) is 0 Å². The highest BCUT2D eigenvalue weighted by Crippen LogP contribution is 2.19. The maximum Gasteiger partial charge on any atom is 0.314 e. The van der Waals surface area contributed by atoms with Crippen molar-refractivity contribution >= 4 is 23.5 Å². The molecule has 9 nitrogen and oxygen atoms in total. The Morgan fingerprint density at radius 2 is 1.97 bits per heavy atom. The van der Waals surface area contributed by atoms with Gasteiger partial charge in [-0.3, -0.25) is 19.7 Å². The number of nitrogens with one attached hydrogen (secondary N) is 4. The molecular weight excluding hydrogens is 384 g/mol. The molecule has 0 aliphatic carbocycles. The number of carbonyl (C=O) groups excluding carboxylic acids is 3. The van der Waals surface area contributed by atoms with Crippen molar-refractivity contribution in [3.8, 4) is 0 Å². The van der Waals surface area contributed by atoms with E-state index in [9.17, 15) is 14.4 Å².